The van der Waals surface area contributed by atoms with E-state index < -0.39 is 27.0 Å². The number of rotatable bonds is 3. The van der Waals surface area contributed by atoms with Crippen LogP contribution < -0.4 is 0 Å². The lowest BCUT2D eigenvalue weighted by Gasteiger charge is -2.28. The summed E-state index contributed by atoms with van der Waals surface area (Å²) in [6, 6.07) is 1.49. The second kappa shape index (κ2) is 6.46. The lowest BCUT2D eigenvalue weighted by atomic mass is 9.97. The number of aromatic nitrogens is 1. The van der Waals surface area contributed by atoms with Gasteiger partial charge in [-0.05, 0) is 43.7 Å². The Hall–Kier alpha value is -0.860. The molecule has 0 bridgehead atoms. The molecule has 134 valence electrons. The van der Waals surface area contributed by atoms with Gasteiger partial charge >= 0.3 is 6.18 Å². The highest BCUT2D eigenvalue weighted by atomic mass is 35.5. The maximum absolute atomic E-state index is 12.9. The van der Waals surface area contributed by atoms with Crippen LogP contribution in [-0.4, -0.2) is 30.3 Å². The molecule has 0 spiro atoms. The van der Waals surface area contributed by atoms with Gasteiger partial charge in [-0.1, -0.05) is 24.4 Å². The van der Waals surface area contributed by atoms with Crippen LogP contribution in [0, 0.1) is 5.92 Å². The molecule has 1 saturated carbocycles. The van der Waals surface area contributed by atoms with Crippen LogP contribution in [0.3, 0.4) is 0 Å². The minimum atomic E-state index is -4.66. The minimum Gasteiger partial charge on any atom is -0.230 e. The van der Waals surface area contributed by atoms with E-state index in [-0.39, 0.29) is 10.9 Å². The zero-order valence-electron chi connectivity index (χ0n) is 12.9. The molecule has 9 heteroatoms. The number of alkyl halides is 3. The van der Waals surface area contributed by atoms with Crippen LogP contribution in [0.2, 0.25) is 5.15 Å². The summed E-state index contributed by atoms with van der Waals surface area (Å²) in [5, 5.41) is -0.623. The fourth-order valence-corrected chi connectivity index (χ4v) is 5.98. The van der Waals surface area contributed by atoms with Crippen LogP contribution in [-0.2, 0) is 16.2 Å². The third kappa shape index (κ3) is 3.28. The third-order valence-electron chi connectivity index (χ3n) is 4.88. The average molecular weight is 383 g/mol. The van der Waals surface area contributed by atoms with Gasteiger partial charge in [0.05, 0.1) is 0 Å². The summed E-state index contributed by atoms with van der Waals surface area (Å²) in [4.78, 5) is 2.89. The number of hydrogen-bond donors (Lipinski definition) is 0. The number of halogens is 4. The van der Waals surface area contributed by atoms with Crippen molar-refractivity contribution in [1.82, 2.24) is 9.29 Å². The first-order valence-corrected chi connectivity index (χ1v) is 9.78. The molecule has 1 aromatic heterocycles. The first-order valence-electron chi connectivity index (χ1n) is 7.97. The standard InChI is InChI=1S/C15H18ClF3N2O2S/c16-14-12(7-8-13(20-14)15(17,18)19)24(22,23)21-9-3-6-11(21)10-4-1-2-5-10/h7-8,10-11H,1-6,9H2. The normalized spacial score (nSPS) is 23.9. The van der Waals surface area contributed by atoms with Crippen molar-refractivity contribution in [1.29, 1.82) is 0 Å². The van der Waals surface area contributed by atoms with Crippen molar-refractivity contribution < 1.29 is 21.6 Å². The summed E-state index contributed by atoms with van der Waals surface area (Å²) in [5.41, 5.74) is -1.19. The van der Waals surface area contributed by atoms with Crippen molar-refractivity contribution in [3.8, 4) is 0 Å². The molecule has 2 fully saturated rings. The van der Waals surface area contributed by atoms with Gasteiger partial charge in [0.25, 0.3) is 0 Å². The molecule has 1 unspecified atom stereocenters. The van der Waals surface area contributed by atoms with E-state index in [1.54, 1.807) is 0 Å². The Bertz CT molecular complexity index is 718. The summed E-state index contributed by atoms with van der Waals surface area (Å²) in [5.74, 6) is 0.323. The number of sulfonamides is 1. The molecule has 0 aromatic carbocycles. The molecular formula is C15H18ClF3N2O2S. The van der Waals surface area contributed by atoms with Crippen LogP contribution in [0.1, 0.15) is 44.2 Å². The number of pyridine rings is 1. The average Bonchev–Trinajstić information content (AvgIpc) is 3.17. The van der Waals surface area contributed by atoms with E-state index in [0.717, 1.165) is 44.6 Å². The van der Waals surface area contributed by atoms with Gasteiger partial charge in [-0.2, -0.15) is 17.5 Å². The predicted octanol–water partition coefficient (Wildman–Crippen LogP) is 4.10. The molecule has 3 rings (SSSR count). The summed E-state index contributed by atoms with van der Waals surface area (Å²) in [7, 11) is -3.95. The topological polar surface area (TPSA) is 50.3 Å². The van der Waals surface area contributed by atoms with Crippen LogP contribution in [0.5, 0.6) is 0 Å². The van der Waals surface area contributed by atoms with Gasteiger partial charge in [0.2, 0.25) is 10.0 Å². The molecule has 0 amide bonds. The van der Waals surface area contributed by atoms with E-state index in [2.05, 4.69) is 4.98 Å². The molecule has 0 N–H and O–H groups in total. The van der Waals surface area contributed by atoms with Gasteiger partial charge in [0.15, 0.2) is 0 Å². The lowest BCUT2D eigenvalue weighted by Crippen LogP contribution is -2.39. The first kappa shape index (κ1) is 17.9. The Balaban J connectivity index is 1.92. The predicted molar refractivity (Wildman–Crippen MR) is 83.1 cm³/mol. The van der Waals surface area contributed by atoms with Crippen LogP contribution >= 0.6 is 11.6 Å². The number of hydrogen-bond acceptors (Lipinski definition) is 3. The number of nitrogens with zero attached hydrogens (tertiary/aromatic N) is 2. The van der Waals surface area contributed by atoms with E-state index in [0.29, 0.717) is 18.5 Å². The third-order valence-corrected chi connectivity index (χ3v) is 7.24. The Morgan fingerprint density at radius 2 is 1.79 bits per heavy atom. The highest BCUT2D eigenvalue weighted by molar-refractivity contribution is 7.89. The first-order chi connectivity index (χ1) is 11.2. The van der Waals surface area contributed by atoms with E-state index in [1.807, 2.05) is 0 Å². The fourth-order valence-electron chi connectivity index (χ4n) is 3.78. The Kier molecular flexibility index (Phi) is 4.83. The van der Waals surface area contributed by atoms with Crippen LogP contribution in [0.4, 0.5) is 13.2 Å². The van der Waals surface area contributed by atoms with Gasteiger partial charge in [-0.3, -0.25) is 0 Å². The van der Waals surface area contributed by atoms with Crippen molar-refractivity contribution in [2.24, 2.45) is 5.92 Å². The van der Waals surface area contributed by atoms with E-state index in [4.69, 9.17) is 11.6 Å². The van der Waals surface area contributed by atoms with Gasteiger partial charge in [0, 0.05) is 12.6 Å². The van der Waals surface area contributed by atoms with Crippen LogP contribution in [0.15, 0.2) is 17.0 Å². The smallest absolute Gasteiger partial charge is 0.230 e. The van der Waals surface area contributed by atoms with Gasteiger partial charge < -0.3 is 0 Å². The molecule has 0 radical (unpaired) electrons. The van der Waals surface area contributed by atoms with E-state index in [9.17, 15) is 21.6 Å². The monoisotopic (exact) mass is 382 g/mol. The lowest BCUT2D eigenvalue weighted by molar-refractivity contribution is -0.141. The molecule has 24 heavy (non-hydrogen) atoms. The van der Waals surface area contributed by atoms with Crippen LogP contribution in [0.25, 0.3) is 0 Å². The van der Waals surface area contributed by atoms with Crippen molar-refractivity contribution in [3.05, 3.63) is 23.0 Å². The highest BCUT2D eigenvalue weighted by Gasteiger charge is 2.42. The molecule has 4 nitrogen and oxygen atoms in total. The van der Waals surface area contributed by atoms with E-state index in [1.165, 1.54) is 4.31 Å². The molecule has 1 saturated heterocycles. The Morgan fingerprint density at radius 1 is 1.12 bits per heavy atom. The van der Waals surface area contributed by atoms with Gasteiger partial charge in [0.1, 0.15) is 15.7 Å². The Morgan fingerprint density at radius 3 is 2.38 bits per heavy atom. The molecular weight excluding hydrogens is 365 g/mol. The second-order valence-electron chi connectivity index (χ2n) is 6.35. The van der Waals surface area contributed by atoms with E-state index >= 15 is 0 Å². The second-order valence-corrected chi connectivity index (χ2v) is 8.57. The largest absolute Gasteiger partial charge is 0.433 e. The zero-order valence-corrected chi connectivity index (χ0v) is 14.5. The van der Waals surface area contributed by atoms with Crippen molar-refractivity contribution in [2.75, 3.05) is 6.54 Å². The quantitative estimate of drug-likeness (QED) is 0.739. The summed E-state index contributed by atoms with van der Waals surface area (Å²) < 4.78 is 65.3. The molecule has 2 heterocycles. The summed E-state index contributed by atoms with van der Waals surface area (Å²) >= 11 is 5.79. The zero-order chi connectivity index (χ0) is 17.5. The summed E-state index contributed by atoms with van der Waals surface area (Å²) in [6.45, 7) is 0.376. The fraction of sp³-hybridized carbons (Fsp3) is 0.667. The molecule has 2 aliphatic rings. The maximum atomic E-state index is 12.9. The summed E-state index contributed by atoms with van der Waals surface area (Å²) in [6.07, 6.45) is 1.06. The van der Waals surface area contributed by atoms with Crippen molar-refractivity contribution in [3.63, 3.8) is 0 Å². The van der Waals surface area contributed by atoms with Crippen molar-refractivity contribution in [2.45, 2.75) is 55.6 Å². The maximum Gasteiger partial charge on any atom is 0.433 e. The molecule has 1 aromatic rings. The minimum absolute atomic E-state index is 0.0872. The highest BCUT2D eigenvalue weighted by Crippen LogP contribution is 2.39. The molecule has 1 atom stereocenters. The molecule has 1 aliphatic heterocycles. The van der Waals surface area contributed by atoms with Crippen molar-refractivity contribution >= 4 is 21.6 Å². The molecule has 1 aliphatic carbocycles. The SMILES string of the molecule is O=S(=O)(c1ccc(C(F)(F)F)nc1Cl)N1CCCC1C1CCCC1. The Labute approximate surface area is 144 Å². The van der Waals surface area contributed by atoms with Gasteiger partial charge in [-0.25, -0.2) is 13.4 Å². The van der Waals surface area contributed by atoms with Gasteiger partial charge in [-0.15, -0.1) is 0 Å².